The maximum atomic E-state index is 9.81. The third kappa shape index (κ3) is 2.96. The van der Waals surface area contributed by atoms with Gasteiger partial charge in [-0.15, -0.1) is 0 Å². The second-order valence-electron chi connectivity index (χ2n) is 5.70. The lowest BCUT2D eigenvalue weighted by molar-refractivity contribution is 0.126. The predicted octanol–water partition coefficient (Wildman–Crippen LogP) is 1.22. The first kappa shape index (κ1) is 12.3. The minimum atomic E-state index is -0.103. The van der Waals surface area contributed by atoms with Crippen LogP contribution in [0.3, 0.4) is 0 Å². The summed E-state index contributed by atoms with van der Waals surface area (Å²) in [6, 6.07) is 0.918. The Morgan fingerprint density at radius 2 is 1.88 bits per heavy atom. The van der Waals surface area contributed by atoms with E-state index in [9.17, 15) is 5.11 Å². The summed E-state index contributed by atoms with van der Waals surface area (Å²) in [5, 5.41) is 13.5. The Bertz CT molecular complexity index is 214. The Balaban J connectivity index is 1.76. The van der Waals surface area contributed by atoms with Gasteiger partial charge >= 0.3 is 0 Å². The van der Waals surface area contributed by atoms with Crippen LogP contribution in [0.25, 0.3) is 0 Å². The average Bonchev–Trinajstić information content (AvgIpc) is 2.65. The van der Waals surface area contributed by atoms with E-state index in [-0.39, 0.29) is 6.10 Å². The topological polar surface area (TPSA) is 35.5 Å². The number of hydrogen-bond acceptors (Lipinski definition) is 3. The molecule has 3 nitrogen and oxygen atoms in total. The van der Waals surface area contributed by atoms with Gasteiger partial charge in [0.2, 0.25) is 0 Å². The first-order valence-electron chi connectivity index (χ1n) is 6.79. The van der Waals surface area contributed by atoms with Crippen LogP contribution < -0.4 is 5.32 Å². The van der Waals surface area contributed by atoms with E-state index in [1.165, 1.54) is 32.4 Å². The summed E-state index contributed by atoms with van der Waals surface area (Å²) < 4.78 is 0. The quantitative estimate of drug-likeness (QED) is 0.759. The fraction of sp³-hybridized carbons (Fsp3) is 1.00. The van der Waals surface area contributed by atoms with Crippen molar-refractivity contribution in [2.45, 2.75) is 57.2 Å². The van der Waals surface area contributed by atoms with Gasteiger partial charge in [0.15, 0.2) is 0 Å². The van der Waals surface area contributed by atoms with Crippen molar-refractivity contribution in [2.24, 2.45) is 5.92 Å². The molecule has 1 saturated heterocycles. The van der Waals surface area contributed by atoms with Crippen LogP contribution in [-0.4, -0.2) is 48.3 Å². The summed E-state index contributed by atoms with van der Waals surface area (Å²) >= 11 is 0. The normalized spacial score (nSPS) is 35.4. The number of piperidine rings is 1. The zero-order valence-corrected chi connectivity index (χ0v) is 10.7. The summed E-state index contributed by atoms with van der Waals surface area (Å²) in [6.45, 7) is 4.74. The summed E-state index contributed by atoms with van der Waals surface area (Å²) in [6.07, 6.45) is 5.81. The highest BCUT2D eigenvalue weighted by Gasteiger charge is 2.29. The largest absolute Gasteiger partial charge is 0.392 e. The van der Waals surface area contributed by atoms with Crippen molar-refractivity contribution in [1.29, 1.82) is 0 Å². The summed E-state index contributed by atoms with van der Waals surface area (Å²) in [7, 11) is 2.20. The van der Waals surface area contributed by atoms with Crippen LogP contribution >= 0.6 is 0 Å². The Hall–Kier alpha value is -0.120. The molecule has 94 valence electrons. The molecule has 2 rings (SSSR count). The lowest BCUT2D eigenvalue weighted by atomic mass is 9.90. The van der Waals surface area contributed by atoms with Crippen molar-refractivity contribution in [2.75, 3.05) is 20.1 Å². The minimum absolute atomic E-state index is 0.103. The number of hydrogen-bond donors (Lipinski definition) is 2. The maximum absolute atomic E-state index is 9.81. The second-order valence-corrected chi connectivity index (χ2v) is 5.70. The van der Waals surface area contributed by atoms with E-state index in [2.05, 4.69) is 24.2 Å². The second kappa shape index (κ2) is 5.48. The van der Waals surface area contributed by atoms with Crippen molar-refractivity contribution in [3.05, 3.63) is 0 Å². The van der Waals surface area contributed by atoms with Gasteiger partial charge in [-0.1, -0.05) is 0 Å². The third-order valence-corrected chi connectivity index (χ3v) is 4.43. The SMILES string of the molecule is CC(NC1CCCC1O)C1CCN(C)CC1. The van der Waals surface area contributed by atoms with E-state index in [1.807, 2.05) is 0 Å². The molecule has 0 radical (unpaired) electrons. The molecule has 0 amide bonds. The van der Waals surface area contributed by atoms with Crippen molar-refractivity contribution in [3.63, 3.8) is 0 Å². The molecule has 3 unspecified atom stereocenters. The van der Waals surface area contributed by atoms with E-state index in [0.29, 0.717) is 12.1 Å². The van der Waals surface area contributed by atoms with Crippen LogP contribution in [0.4, 0.5) is 0 Å². The van der Waals surface area contributed by atoms with Crippen LogP contribution in [-0.2, 0) is 0 Å². The van der Waals surface area contributed by atoms with Gasteiger partial charge in [0.25, 0.3) is 0 Å². The molecule has 1 heterocycles. The van der Waals surface area contributed by atoms with Gasteiger partial charge in [-0.25, -0.2) is 0 Å². The molecule has 0 bridgehead atoms. The van der Waals surface area contributed by atoms with Gasteiger partial charge in [0, 0.05) is 12.1 Å². The average molecular weight is 226 g/mol. The zero-order valence-electron chi connectivity index (χ0n) is 10.7. The molecule has 0 aromatic heterocycles. The molecule has 0 aromatic rings. The highest BCUT2D eigenvalue weighted by Crippen LogP contribution is 2.24. The molecule has 1 aliphatic carbocycles. The number of aliphatic hydroxyl groups is 1. The number of likely N-dealkylation sites (tertiary alicyclic amines) is 1. The Labute approximate surface area is 99.2 Å². The molecule has 3 atom stereocenters. The fourth-order valence-electron chi connectivity index (χ4n) is 3.14. The molecule has 0 spiro atoms. The molecule has 2 aliphatic rings. The lowest BCUT2D eigenvalue weighted by Gasteiger charge is -2.35. The number of nitrogens with zero attached hydrogens (tertiary/aromatic N) is 1. The van der Waals surface area contributed by atoms with Gasteiger partial charge in [0.1, 0.15) is 0 Å². The predicted molar refractivity (Wildman–Crippen MR) is 66.5 cm³/mol. The van der Waals surface area contributed by atoms with E-state index in [0.717, 1.165) is 18.8 Å². The Morgan fingerprint density at radius 1 is 1.19 bits per heavy atom. The summed E-state index contributed by atoms with van der Waals surface area (Å²) in [4.78, 5) is 2.41. The first-order chi connectivity index (χ1) is 7.66. The van der Waals surface area contributed by atoms with Crippen molar-refractivity contribution in [3.8, 4) is 0 Å². The Kier molecular flexibility index (Phi) is 4.22. The number of aliphatic hydroxyl groups excluding tert-OH is 1. The molecule has 2 fully saturated rings. The summed E-state index contributed by atoms with van der Waals surface area (Å²) in [5.74, 6) is 0.795. The lowest BCUT2D eigenvalue weighted by Crippen LogP contribution is -2.47. The van der Waals surface area contributed by atoms with E-state index < -0.39 is 0 Å². The van der Waals surface area contributed by atoms with Gasteiger partial charge < -0.3 is 15.3 Å². The molecular weight excluding hydrogens is 200 g/mol. The minimum Gasteiger partial charge on any atom is -0.392 e. The molecule has 1 saturated carbocycles. The molecule has 16 heavy (non-hydrogen) atoms. The molecule has 2 N–H and O–H groups in total. The van der Waals surface area contributed by atoms with Crippen LogP contribution in [0.2, 0.25) is 0 Å². The monoisotopic (exact) mass is 226 g/mol. The highest BCUT2D eigenvalue weighted by atomic mass is 16.3. The van der Waals surface area contributed by atoms with Crippen molar-refractivity contribution >= 4 is 0 Å². The highest BCUT2D eigenvalue weighted by molar-refractivity contribution is 4.87. The van der Waals surface area contributed by atoms with Crippen LogP contribution in [0.1, 0.15) is 39.0 Å². The standard InChI is InChI=1S/C13H26N2O/c1-10(11-6-8-15(2)9-7-11)14-12-4-3-5-13(12)16/h10-14,16H,3-9H2,1-2H3. The van der Waals surface area contributed by atoms with Crippen molar-refractivity contribution in [1.82, 2.24) is 10.2 Å². The number of rotatable bonds is 3. The Morgan fingerprint density at radius 3 is 2.44 bits per heavy atom. The smallest absolute Gasteiger partial charge is 0.0693 e. The van der Waals surface area contributed by atoms with Gasteiger partial charge in [-0.2, -0.15) is 0 Å². The van der Waals surface area contributed by atoms with E-state index >= 15 is 0 Å². The van der Waals surface area contributed by atoms with E-state index in [1.54, 1.807) is 0 Å². The first-order valence-corrected chi connectivity index (χ1v) is 6.79. The molecule has 0 aromatic carbocycles. The van der Waals surface area contributed by atoms with Gasteiger partial charge in [0.05, 0.1) is 6.10 Å². The fourth-order valence-corrected chi connectivity index (χ4v) is 3.14. The maximum Gasteiger partial charge on any atom is 0.0693 e. The van der Waals surface area contributed by atoms with Crippen molar-refractivity contribution < 1.29 is 5.11 Å². The third-order valence-electron chi connectivity index (χ3n) is 4.43. The molecule has 1 aliphatic heterocycles. The van der Waals surface area contributed by atoms with E-state index in [4.69, 9.17) is 0 Å². The zero-order chi connectivity index (χ0) is 11.5. The van der Waals surface area contributed by atoms with Crippen LogP contribution in [0.15, 0.2) is 0 Å². The number of nitrogens with one attached hydrogen (secondary N) is 1. The molecular formula is C13H26N2O. The summed E-state index contributed by atoms with van der Waals surface area (Å²) in [5.41, 5.74) is 0. The van der Waals surface area contributed by atoms with Gasteiger partial charge in [-0.05, 0) is 65.1 Å². The molecule has 3 heteroatoms. The van der Waals surface area contributed by atoms with Gasteiger partial charge in [-0.3, -0.25) is 0 Å². The van der Waals surface area contributed by atoms with Crippen LogP contribution in [0, 0.1) is 5.92 Å². The van der Waals surface area contributed by atoms with Crippen LogP contribution in [0.5, 0.6) is 0 Å².